The minimum Gasteiger partial charge on any atom is -0.398 e. The van der Waals surface area contributed by atoms with E-state index in [1.165, 1.54) is 6.92 Å². The van der Waals surface area contributed by atoms with Crippen molar-refractivity contribution in [2.24, 2.45) is 0 Å². The third-order valence-corrected chi connectivity index (χ3v) is 2.14. The van der Waals surface area contributed by atoms with E-state index < -0.39 is 0 Å². The summed E-state index contributed by atoms with van der Waals surface area (Å²) in [5.41, 5.74) is 7.44. The van der Waals surface area contributed by atoms with Crippen molar-refractivity contribution < 1.29 is 9.53 Å². The summed E-state index contributed by atoms with van der Waals surface area (Å²) in [6.07, 6.45) is 0. The molecule has 0 heterocycles. The Labute approximate surface area is 87.8 Å². The average molecular weight is 214 g/mol. The van der Waals surface area contributed by atoms with Crippen molar-refractivity contribution in [2.75, 3.05) is 12.8 Å². The van der Waals surface area contributed by atoms with Crippen LogP contribution < -0.4 is 5.73 Å². The van der Waals surface area contributed by atoms with Gasteiger partial charge in [-0.1, -0.05) is 11.6 Å². The number of halogens is 1. The van der Waals surface area contributed by atoms with Crippen LogP contribution in [0.1, 0.15) is 22.8 Å². The molecule has 0 aliphatic rings. The molecule has 2 N–H and O–H groups in total. The molecule has 3 nitrogen and oxygen atoms in total. The number of rotatable bonds is 3. The van der Waals surface area contributed by atoms with Crippen LogP contribution in [0.25, 0.3) is 0 Å². The van der Waals surface area contributed by atoms with Gasteiger partial charge in [-0.05, 0) is 19.1 Å². The zero-order chi connectivity index (χ0) is 10.7. The van der Waals surface area contributed by atoms with E-state index in [1.807, 2.05) is 0 Å². The fraction of sp³-hybridized carbons (Fsp3) is 0.300. The summed E-state index contributed by atoms with van der Waals surface area (Å²) in [6, 6.07) is 3.22. The summed E-state index contributed by atoms with van der Waals surface area (Å²) in [7, 11) is 1.55. The van der Waals surface area contributed by atoms with E-state index in [1.54, 1.807) is 19.2 Å². The Hall–Kier alpha value is -1.06. The molecule has 0 atom stereocenters. The van der Waals surface area contributed by atoms with Crippen LogP contribution in [0.5, 0.6) is 0 Å². The maximum Gasteiger partial charge on any atom is 0.160 e. The number of hydrogen-bond acceptors (Lipinski definition) is 3. The van der Waals surface area contributed by atoms with Crippen LogP contribution >= 0.6 is 11.6 Å². The molecule has 0 bridgehead atoms. The van der Waals surface area contributed by atoms with Crippen LogP contribution in [0.2, 0.25) is 5.02 Å². The lowest BCUT2D eigenvalue weighted by Gasteiger charge is -2.09. The monoisotopic (exact) mass is 213 g/mol. The van der Waals surface area contributed by atoms with Gasteiger partial charge in [0.05, 0.1) is 6.61 Å². The highest BCUT2D eigenvalue weighted by atomic mass is 35.5. The molecule has 4 heteroatoms. The van der Waals surface area contributed by atoms with E-state index in [0.29, 0.717) is 28.4 Å². The number of ketones is 1. The summed E-state index contributed by atoms with van der Waals surface area (Å²) < 4.78 is 4.96. The van der Waals surface area contributed by atoms with E-state index in [4.69, 9.17) is 22.1 Å². The lowest BCUT2D eigenvalue weighted by molar-refractivity contribution is 0.101. The van der Waals surface area contributed by atoms with Crippen LogP contribution in [-0.2, 0) is 11.3 Å². The number of ether oxygens (including phenoxy) is 1. The molecule has 0 unspecified atom stereocenters. The fourth-order valence-electron chi connectivity index (χ4n) is 1.28. The van der Waals surface area contributed by atoms with Crippen molar-refractivity contribution in [2.45, 2.75) is 13.5 Å². The Morgan fingerprint density at radius 3 is 2.71 bits per heavy atom. The maximum atomic E-state index is 11.3. The zero-order valence-electron chi connectivity index (χ0n) is 8.13. The summed E-state index contributed by atoms with van der Waals surface area (Å²) in [5, 5.41) is 0.465. The Morgan fingerprint density at radius 1 is 1.57 bits per heavy atom. The summed E-state index contributed by atoms with van der Waals surface area (Å²) in [4.78, 5) is 11.3. The topological polar surface area (TPSA) is 52.3 Å². The van der Waals surface area contributed by atoms with Crippen molar-refractivity contribution in [3.05, 3.63) is 28.3 Å². The van der Waals surface area contributed by atoms with Crippen molar-refractivity contribution in [3.63, 3.8) is 0 Å². The van der Waals surface area contributed by atoms with Gasteiger partial charge in [0.25, 0.3) is 0 Å². The van der Waals surface area contributed by atoms with E-state index >= 15 is 0 Å². The molecule has 0 spiro atoms. The van der Waals surface area contributed by atoms with Gasteiger partial charge in [-0.2, -0.15) is 0 Å². The predicted molar refractivity (Wildman–Crippen MR) is 56.6 cm³/mol. The molecule has 0 radical (unpaired) electrons. The molecular weight excluding hydrogens is 202 g/mol. The Balaban J connectivity index is 3.28. The molecule has 0 saturated carbocycles. The van der Waals surface area contributed by atoms with E-state index in [-0.39, 0.29) is 5.78 Å². The lowest BCUT2D eigenvalue weighted by Crippen LogP contribution is -2.05. The largest absolute Gasteiger partial charge is 0.398 e. The van der Waals surface area contributed by atoms with E-state index in [0.717, 1.165) is 0 Å². The number of methoxy groups -OCH3 is 1. The first-order valence-corrected chi connectivity index (χ1v) is 4.51. The van der Waals surface area contributed by atoms with Crippen molar-refractivity contribution in [3.8, 4) is 0 Å². The second-order valence-electron chi connectivity index (χ2n) is 3.01. The SMILES string of the molecule is COCc1c(N)cc(Cl)cc1C(C)=O. The zero-order valence-corrected chi connectivity index (χ0v) is 8.89. The molecule has 0 amide bonds. The normalized spacial score (nSPS) is 10.2. The molecule has 0 aromatic heterocycles. The van der Waals surface area contributed by atoms with Gasteiger partial charge >= 0.3 is 0 Å². The quantitative estimate of drug-likeness (QED) is 0.619. The molecule has 0 aliphatic carbocycles. The van der Waals surface area contributed by atoms with Crippen molar-refractivity contribution in [1.29, 1.82) is 0 Å². The smallest absolute Gasteiger partial charge is 0.160 e. The summed E-state index contributed by atoms with van der Waals surface area (Å²) in [6.45, 7) is 1.79. The fourth-order valence-corrected chi connectivity index (χ4v) is 1.50. The third kappa shape index (κ3) is 2.25. The number of hydrogen-bond donors (Lipinski definition) is 1. The average Bonchev–Trinajstić information content (AvgIpc) is 2.09. The molecule has 0 fully saturated rings. The van der Waals surface area contributed by atoms with Gasteiger partial charge in [-0.3, -0.25) is 4.79 Å². The van der Waals surface area contributed by atoms with Crippen LogP contribution in [0.3, 0.4) is 0 Å². The number of nitrogens with two attached hydrogens (primary N) is 1. The van der Waals surface area contributed by atoms with Crippen LogP contribution in [-0.4, -0.2) is 12.9 Å². The number of carbonyl (C=O) groups excluding carboxylic acids is 1. The van der Waals surface area contributed by atoms with Gasteiger partial charge in [0.2, 0.25) is 0 Å². The molecule has 1 aromatic carbocycles. The number of nitrogen functional groups attached to an aromatic ring is 1. The van der Waals surface area contributed by atoms with Crippen molar-refractivity contribution in [1.82, 2.24) is 0 Å². The highest BCUT2D eigenvalue weighted by Gasteiger charge is 2.11. The molecule has 14 heavy (non-hydrogen) atoms. The summed E-state index contributed by atoms with van der Waals surface area (Å²) >= 11 is 5.79. The minimum absolute atomic E-state index is 0.0637. The Morgan fingerprint density at radius 2 is 2.21 bits per heavy atom. The van der Waals surface area contributed by atoms with Gasteiger partial charge in [0, 0.05) is 28.9 Å². The standard InChI is InChI=1S/C10H12ClNO2/c1-6(13)8-3-7(11)4-10(12)9(8)5-14-2/h3-4H,5,12H2,1-2H3. The van der Waals surface area contributed by atoms with Gasteiger partial charge in [0.15, 0.2) is 5.78 Å². The van der Waals surface area contributed by atoms with Gasteiger partial charge < -0.3 is 10.5 Å². The Kier molecular flexibility index (Phi) is 3.49. The van der Waals surface area contributed by atoms with Gasteiger partial charge in [-0.25, -0.2) is 0 Å². The first-order chi connectivity index (χ1) is 6.56. The van der Waals surface area contributed by atoms with Crippen LogP contribution in [0.15, 0.2) is 12.1 Å². The first-order valence-electron chi connectivity index (χ1n) is 4.14. The molecule has 1 rings (SSSR count). The van der Waals surface area contributed by atoms with E-state index in [9.17, 15) is 4.79 Å². The highest BCUT2D eigenvalue weighted by molar-refractivity contribution is 6.31. The second-order valence-corrected chi connectivity index (χ2v) is 3.45. The number of benzene rings is 1. The maximum absolute atomic E-state index is 11.3. The lowest BCUT2D eigenvalue weighted by atomic mass is 10.0. The van der Waals surface area contributed by atoms with Crippen molar-refractivity contribution >= 4 is 23.1 Å². The predicted octanol–water partition coefficient (Wildman–Crippen LogP) is 2.27. The summed E-state index contributed by atoms with van der Waals surface area (Å²) in [5.74, 6) is -0.0637. The van der Waals surface area contributed by atoms with Crippen LogP contribution in [0, 0.1) is 0 Å². The molecular formula is C10H12ClNO2. The minimum atomic E-state index is -0.0637. The molecule has 76 valence electrons. The molecule has 0 aliphatic heterocycles. The van der Waals surface area contributed by atoms with Gasteiger partial charge in [-0.15, -0.1) is 0 Å². The highest BCUT2D eigenvalue weighted by Crippen LogP contribution is 2.24. The first kappa shape index (κ1) is 11.0. The van der Waals surface area contributed by atoms with Gasteiger partial charge in [0.1, 0.15) is 0 Å². The third-order valence-electron chi connectivity index (χ3n) is 1.92. The Bertz CT molecular complexity index is 363. The molecule has 0 saturated heterocycles. The number of Topliss-reactive ketones (excluding diaryl/α,β-unsaturated/α-hetero) is 1. The second kappa shape index (κ2) is 4.44. The number of carbonyl (C=O) groups is 1. The number of anilines is 1. The van der Waals surface area contributed by atoms with E-state index in [2.05, 4.69) is 0 Å². The molecule has 1 aromatic rings. The van der Waals surface area contributed by atoms with Crippen LogP contribution in [0.4, 0.5) is 5.69 Å².